The molecular weight excluding hydrogens is 597 g/mol. The minimum Gasteiger partial charge on any atom is -0.278 e. The predicted molar refractivity (Wildman–Crippen MR) is 204 cm³/mol. The minimum atomic E-state index is 0.602. The van der Waals surface area contributed by atoms with Crippen molar-refractivity contribution in [2.24, 2.45) is 0 Å². The molecule has 0 saturated carbocycles. The van der Waals surface area contributed by atoms with E-state index in [1.807, 2.05) is 0 Å². The van der Waals surface area contributed by atoms with Gasteiger partial charge in [0.15, 0.2) is 11.6 Å². The van der Waals surface area contributed by atoms with E-state index >= 15 is 0 Å². The highest BCUT2D eigenvalue weighted by Crippen LogP contribution is 2.46. The average Bonchev–Trinajstić information content (AvgIpc) is 3.50. The summed E-state index contributed by atoms with van der Waals surface area (Å²) in [7, 11) is 0. The monoisotopic (exact) mass is 622 g/mol. The second kappa shape index (κ2) is 9.93. The molecule has 0 aliphatic rings. The summed E-state index contributed by atoms with van der Waals surface area (Å²) in [5.74, 6) is 1.89. The molecule has 11 aromatic rings. The molecule has 0 fully saturated rings. The van der Waals surface area contributed by atoms with E-state index in [4.69, 9.17) is 15.0 Å². The van der Waals surface area contributed by atoms with Gasteiger partial charge in [0, 0.05) is 27.3 Å². The van der Waals surface area contributed by atoms with E-state index in [-0.39, 0.29) is 0 Å². The lowest BCUT2D eigenvalue weighted by molar-refractivity contribution is 0.954. The van der Waals surface area contributed by atoms with Crippen LogP contribution in [0.2, 0.25) is 0 Å². The van der Waals surface area contributed by atoms with Gasteiger partial charge in [-0.15, -0.1) is 0 Å². The molecule has 9 aromatic carbocycles. The minimum absolute atomic E-state index is 0.602. The fourth-order valence-electron chi connectivity index (χ4n) is 7.92. The summed E-state index contributed by atoms with van der Waals surface area (Å²) in [6.07, 6.45) is 0. The summed E-state index contributed by atoms with van der Waals surface area (Å²) < 4.78 is 2.26. The van der Waals surface area contributed by atoms with Crippen molar-refractivity contribution in [3.8, 4) is 28.7 Å². The van der Waals surface area contributed by atoms with Crippen LogP contribution in [0.5, 0.6) is 0 Å². The van der Waals surface area contributed by atoms with Crippen LogP contribution in [0.25, 0.3) is 104 Å². The highest BCUT2D eigenvalue weighted by molar-refractivity contribution is 6.39. The maximum Gasteiger partial charge on any atom is 0.238 e. The third-order valence-electron chi connectivity index (χ3n) is 10.1. The molecule has 226 valence electrons. The van der Waals surface area contributed by atoms with Crippen LogP contribution in [0.3, 0.4) is 0 Å². The van der Waals surface area contributed by atoms with Gasteiger partial charge in [0.1, 0.15) is 0 Å². The van der Waals surface area contributed by atoms with Gasteiger partial charge in [-0.3, -0.25) is 4.57 Å². The van der Waals surface area contributed by atoms with Crippen molar-refractivity contribution in [2.45, 2.75) is 0 Å². The second-order valence-corrected chi connectivity index (χ2v) is 12.9. The van der Waals surface area contributed by atoms with Gasteiger partial charge in [0.25, 0.3) is 0 Å². The van der Waals surface area contributed by atoms with E-state index in [2.05, 4.69) is 162 Å². The van der Waals surface area contributed by atoms with Crippen LogP contribution in [0.4, 0.5) is 0 Å². The summed E-state index contributed by atoms with van der Waals surface area (Å²) in [4.78, 5) is 15.7. The zero-order valence-corrected chi connectivity index (χ0v) is 26.3. The molecule has 2 aromatic heterocycles. The zero-order chi connectivity index (χ0) is 32.1. The predicted octanol–water partition coefficient (Wildman–Crippen LogP) is 11.5. The third-order valence-corrected chi connectivity index (χ3v) is 10.1. The summed E-state index contributed by atoms with van der Waals surface area (Å²) in [5, 5.41) is 14.6. The van der Waals surface area contributed by atoms with Crippen molar-refractivity contribution in [2.75, 3.05) is 0 Å². The molecule has 0 bridgehead atoms. The van der Waals surface area contributed by atoms with Crippen molar-refractivity contribution < 1.29 is 0 Å². The first kappa shape index (κ1) is 26.4. The Labute approximate surface area is 280 Å². The largest absolute Gasteiger partial charge is 0.278 e. The van der Waals surface area contributed by atoms with Crippen LogP contribution < -0.4 is 0 Å². The molecule has 0 atom stereocenters. The van der Waals surface area contributed by atoms with Crippen molar-refractivity contribution in [1.82, 2.24) is 19.5 Å². The van der Waals surface area contributed by atoms with Crippen molar-refractivity contribution in [3.63, 3.8) is 0 Å². The Kier molecular flexibility index (Phi) is 5.35. The molecule has 49 heavy (non-hydrogen) atoms. The average molecular weight is 623 g/mol. The first-order chi connectivity index (χ1) is 24.3. The van der Waals surface area contributed by atoms with E-state index in [1.165, 1.54) is 53.9 Å². The maximum absolute atomic E-state index is 5.29. The Morgan fingerprint density at radius 3 is 1.53 bits per heavy atom. The first-order valence-corrected chi connectivity index (χ1v) is 16.6. The van der Waals surface area contributed by atoms with Crippen LogP contribution in [0.1, 0.15) is 0 Å². The Bertz CT molecular complexity index is 3010. The van der Waals surface area contributed by atoms with Gasteiger partial charge in [-0.25, -0.2) is 4.98 Å². The van der Waals surface area contributed by atoms with E-state index < -0.39 is 0 Å². The molecule has 0 aliphatic carbocycles. The molecule has 0 N–H and O–H groups in total. The molecule has 11 rings (SSSR count). The first-order valence-electron chi connectivity index (χ1n) is 16.6. The number of benzene rings is 9. The van der Waals surface area contributed by atoms with E-state index in [0.29, 0.717) is 17.6 Å². The molecule has 4 heteroatoms. The van der Waals surface area contributed by atoms with Crippen LogP contribution in [0.15, 0.2) is 158 Å². The van der Waals surface area contributed by atoms with Gasteiger partial charge in [0.2, 0.25) is 5.95 Å². The Balaban J connectivity index is 1.28. The van der Waals surface area contributed by atoms with Crippen molar-refractivity contribution in [1.29, 1.82) is 0 Å². The topological polar surface area (TPSA) is 43.6 Å². The molecular formula is C45H26N4. The van der Waals surface area contributed by atoms with Crippen LogP contribution >= 0.6 is 0 Å². The SMILES string of the molecule is c1ccc2cc(-c3nc(-c4ccc5ccccc5c4)nc(-n4c5cccc6c7ccccc7c7c8ccccc8cc4c7c65)n3)ccc2c1. The fraction of sp³-hybridized carbons (Fsp3) is 0. The van der Waals surface area contributed by atoms with Gasteiger partial charge in [-0.05, 0) is 72.7 Å². The molecule has 0 radical (unpaired) electrons. The lowest BCUT2D eigenvalue weighted by Gasteiger charge is -2.12. The number of rotatable bonds is 3. The molecule has 4 nitrogen and oxygen atoms in total. The second-order valence-electron chi connectivity index (χ2n) is 12.9. The van der Waals surface area contributed by atoms with Gasteiger partial charge >= 0.3 is 0 Å². The summed E-state index contributed by atoms with van der Waals surface area (Å²) in [6, 6.07) is 56.1. The van der Waals surface area contributed by atoms with Crippen LogP contribution in [-0.2, 0) is 0 Å². The van der Waals surface area contributed by atoms with E-state index in [9.17, 15) is 0 Å². The Hall–Kier alpha value is -6.65. The highest BCUT2D eigenvalue weighted by atomic mass is 15.2. The molecule has 0 amide bonds. The summed E-state index contributed by atoms with van der Waals surface area (Å²) in [5.41, 5.74) is 4.08. The van der Waals surface area contributed by atoms with Gasteiger partial charge in [0.05, 0.1) is 11.0 Å². The number of hydrogen-bond acceptors (Lipinski definition) is 3. The molecule has 0 spiro atoms. The van der Waals surface area contributed by atoms with Gasteiger partial charge in [-0.1, -0.05) is 133 Å². The normalized spacial score (nSPS) is 12.1. The van der Waals surface area contributed by atoms with Crippen molar-refractivity contribution >= 4 is 75.7 Å². The van der Waals surface area contributed by atoms with Crippen LogP contribution in [0, 0.1) is 0 Å². The van der Waals surface area contributed by atoms with Gasteiger partial charge < -0.3 is 0 Å². The zero-order valence-electron chi connectivity index (χ0n) is 26.3. The van der Waals surface area contributed by atoms with Gasteiger partial charge in [-0.2, -0.15) is 9.97 Å². The quantitative estimate of drug-likeness (QED) is 0.184. The number of fused-ring (bicyclic) bond motifs is 7. The number of nitrogens with zero attached hydrogens (tertiary/aromatic N) is 4. The van der Waals surface area contributed by atoms with E-state index in [1.54, 1.807) is 0 Å². The summed E-state index contributed by atoms with van der Waals surface area (Å²) in [6.45, 7) is 0. The maximum atomic E-state index is 5.29. The number of aromatic nitrogens is 4. The fourth-order valence-corrected chi connectivity index (χ4v) is 7.92. The smallest absolute Gasteiger partial charge is 0.238 e. The standard InChI is InChI=1S/C45H26N4/c1-3-12-29-24-32(22-20-27(29)10-1)43-46-44(33-23-21-28-11-2-4-13-30(28)25-33)48-45(47-43)49-38-19-9-18-37-35-16-7-8-17-36(35)40-34-15-6-5-14-31(34)26-39(49)42(40)41(37)38/h1-26H. The highest BCUT2D eigenvalue weighted by Gasteiger charge is 2.23. The molecule has 2 heterocycles. The Morgan fingerprint density at radius 2 is 0.857 bits per heavy atom. The summed E-state index contributed by atoms with van der Waals surface area (Å²) >= 11 is 0. The lowest BCUT2D eigenvalue weighted by atomic mass is 9.91. The number of hydrogen-bond donors (Lipinski definition) is 0. The lowest BCUT2D eigenvalue weighted by Crippen LogP contribution is -2.06. The van der Waals surface area contributed by atoms with E-state index in [0.717, 1.165) is 32.9 Å². The molecule has 0 unspecified atom stereocenters. The molecule has 0 aliphatic heterocycles. The van der Waals surface area contributed by atoms with Crippen molar-refractivity contribution in [3.05, 3.63) is 158 Å². The molecule has 0 saturated heterocycles. The Morgan fingerprint density at radius 1 is 0.327 bits per heavy atom. The van der Waals surface area contributed by atoms with Crippen LogP contribution in [-0.4, -0.2) is 19.5 Å². The third kappa shape index (κ3) is 3.83.